The molecule has 2 heterocycles. The van der Waals surface area contributed by atoms with Gasteiger partial charge in [-0.25, -0.2) is 4.98 Å². The largest absolute Gasteiger partial charge is 0.368 e. The Balaban J connectivity index is 1.65. The van der Waals surface area contributed by atoms with Crippen molar-refractivity contribution in [1.29, 1.82) is 0 Å². The van der Waals surface area contributed by atoms with Crippen LogP contribution in [0.3, 0.4) is 0 Å². The van der Waals surface area contributed by atoms with E-state index in [1.54, 1.807) is 11.3 Å². The number of likely N-dealkylation sites (tertiary alicyclic amines) is 1. The molecule has 1 amide bonds. The predicted octanol–water partition coefficient (Wildman–Crippen LogP) is 3.06. The zero-order chi connectivity index (χ0) is 16.0. The van der Waals surface area contributed by atoms with E-state index < -0.39 is 0 Å². The summed E-state index contributed by atoms with van der Waals surface area (Å²) in [7, 11) is 0. The molecule has 23 heavy (non-hydrogen) atoms. The molecule has 2 aliphatic rings. The topological polar surface area (TPSA) is 59.2 Å². The van der Waals surface area contributed by atoms with Crippen molar-refractivity contribution in [2.75, 3.05) is 6.54 Å². The number of carbonyl (C=O) groups is 1. The fourth-order valence-electron chi connectivity index (χ4n) is 4.13. The first-order chi connectivity index (χ1) is 11.1. The molecule has 1 aromatic carbocycles. The van der Waals surface area contributed by atoms with Gasteiger partial charge in [0.1, 0.15) is 0 Å². The van der Waals surface area contributed by atoms with Gasteiger partial charge in [-0.3, -0.25) is 9.69 Å². The number of benzene rings is 1. The van der Waals surface area contributed by atoms with Crippen LogP contribution in [-0.4, -0.2) is 28.4 Å². The highest BCUT2D eigenvalue weighted by Crippen LogP contribution is 2.41. The standard InChI is InChI=1S/C18H21N3OS/c1-11-17(23-10-20-11)13-4-6-14-12(9-13)5-7-15(14)21-8-2-3-16(21)18(19)22/h4,6,9-10,15-16H,2-3,5,7-8H2,1H3,(H2,19,22)/t15-,16?/m0/s1. The number of amides is 1. The smallest absolute Gasteiger partial charge is 0.234 e. The Morgan fingerprint density at radius 1 is 1.39 bits per heavy atom. The van der Waals surface area contributed by atoms with Crippen LogP contribution in [-0.2, 0) is 11.2 Å². The lowest BCUT2D eigenvalue weighted by atomic mass is 10.0. The number of aryl methyl sites for hydroxylation is 2. The number of nitrogens with two attached hydrogens (primary N) is 1. The Morgan fingerprint density at radius 2 is 2.26 bits per heavy atom. The first-order valence-electron chi connectivity index (χ1n) is 8.23. The van der Waals surface area contributed by atoms with Gasteiger partial charge in [0, 0.05) is 6.04 Å². The molecule has 1 aromatic heterocycles. The molecule has 1 saturated heterocycles. The Bertz CT molecular complexity index is 754. The Hall–Kier alpha value is -1.72. The minimum atomic E-state index is -0.173. The van der Waals surface area contributed by atoms with Crippen molar-refractivity contribution in [3.8, 4) is 10.4 Å². The molecule has 0 bridgehead atoms. The van der Waals surface area contributed by atoms with Gasteiger partial charge in [0.05, 0.1) is 22.1 Å². The fraction of sp³-hybridized carbons (Fsp3) is 0.444. The van der Waals surface area contributed by atoms with Gasteiger partial charge in [0.2, 0.25) is 5.91 Å². The van der Waals surface area contributed by atoms with Gasteiger partial charge in [0.25, 0.3) is 0 Å². The summed E-state index contributed by atoms with van der Waals surface area (Å²) >= 11 is 1.70. The molecule has 1 aliphatic carbocycles. The summed E-state index contributed by atoms with van der Waals surface area (Å²) in [4.78, 5) is 19.6. The van der Waals surface area contributed by atoms with E-state index in [1.807, 2.05) is 5.51 Å². The second kappa shape index (κ2) is 5.73. The maximum absolute atomic E-state index is 11.7. The van der Waals surface area contributed by atoms with E-state index in [-0.39, 0.29) is 11.9 Å². The summed E-state index contributed by atoms with van der Waals surface area (Å²) in [6.07, 6.45) is 4.13. The van der Waals surface area contributed by atoms with E-state index in [2.05, 4.69) is 35.0 Å². The van der Waals surface area contributed by atoms with Crippen molar-refractivity contribution in [3.05, 3.63) is 40.5 Å². The lowest BCUT2D eigenvalue weighted by Crippen LogP contribution is -2.41. The number of fused-ring (bicyclic) bond motifs is 1. The van der Waals surface area contributed by atoms with Gasteiger partial charge in [-0.15, -0.1) is 11.3 Å². The number of thiazole rings is 1. The minimum Gasteiger partial charge on any atom is -0.368 e. The molecule has 2 N–H and O–H groups in total. The lowest BCUT2D eigenvalue weighted by Gasteiger charge is -2.29. The van der Waals surface area contributed by atoms with Crippen LogP contribution < -0.4 is 5.73 Å². The maximum atomic E-state index is 11.7. The zero-order valence-corrected chi connectivity index (χ0v) is 14.1. The van der Waals surface area contributed by atoms with Crippen molar-refractivity contribution in [3.63, 3.8) is 0 Å². The SMILES string of the molecule is Cc1ncsc1-c1ccc2c(c1)CC[C@@H]2N1CCCC1C(N)=O. The zero-order valence-electron chi connectivity index (χ0n) is 13.3. The molecule has 1 aliphatic heterocycles. The van der Waals surface area contributed by atoms with E-state index in [0.717, 1.165) is 37.9 Å². The monoisotopic (exact) mass is 327 g/mol. The van der Waals surface area contributed by atoms with Gasteiger partial charge in [-0.1, -0.05) is 12.1 Å². The van der Waals surface area contributed by atoms with E-state index in [4.69, 9.17) is 5.73 Å². The van der Waals surface area contributed by atoms with E-state index in [9.17, 15) is 4.79 Å². The molecule has 4 nitrogen and oxygen atoms in total. The number of primary amides is 1. The first-order valence-corrected chi connectivity index (χ1v) is 9.11. The molecular weight excluding hydrogens is 306 g/mol. The van der Waals surface area contributed by atoms with Crippen molar-refractivity contribution < 1.29 is 4.79 Å². The molecule has 0 radical (unpaired) electrons. The highest BCUT2D eigenvalue weighted by molar-refractivity contribution is 7.13. The van der Waals surface area contributed by atoms with Crippen molar-refractivity contribution in [2.45, 2.75) is 44.7 Å². The van der Waals surface area contributed by atoms with Gasteiger partial charge in [-0.05, 0) is 61.9 Å². The summed E-state index contributed by atoms with van der Waals surface area (Å²) in [5, 5.41) is 0. The van der Waals surface area contributed by atoms with Gasteiger partial charge < -0.3 is 5.73 Å². The molecule has 4 rings (SSSR count). The number of carbonyl (C=O) groups excluding carboxylic acids is 1. The molecule has 1 fully saturated rings. The Kier molecular flexibility index (Phi) is 3.70. The van der Waals surface area contributed by atoms with Crippen molar-refractivity contribution in [2.24, 2.45) is 5.73 Å². The van der Waals surface area contributed by atoms with Crippen LogP contribution in [0.4, 0.5) is 0 Å². The van der Waals surface area contributed by atoms with Crippen molar-refractivity contribution in [1.82, 2.24) is 9.88 Å². The number of aromatic nitrogens is 1. The molecule has 5 heteroatoms. The first kappa shape index (κ1) is 14.8. The van der Waals surface area contributed by atoms with Gasteiger partial charge in [0.15, 0.2) is 0 Å². The Labute approximate surface area is 140 Å². The van der Waals surface area contributed by atoms with Crippen LogP contribution in [0.25, 0.3) is 10.4 Å². The van der Waals surface area contributed by atoms with Crippen LogP contribution in [0, 0.1) is 6.92 Å². The summed E-state index contributed by atoms with van der Waals surface area (Å²) in [5.41, 5.74) is 12.6. The summed E-state index contributed by atoms with van der Waals surface area (Å²) in [5.74, 6) is -0.173. The fourth-order valence-corrected chi connectivity index (χ4v) is 4.93. The highest BCUT2D eigenvalue weighted by atomic mass is 32.1. The van der Waals surface area contributed by atoms with Crippen LogP contribution in [0.2, 0.25) is 0 Å². The van der Waals surface area contributed by atoms with Gasteiger partial charge >= 0.3 is 0 Å². The quantitative estimate of drug-likeness (QED) is 0.942. The molecule has 2 atom stereocenters. The highest BCUT2D eigenvalue weighted by Gasteiger charge is 2.37. The van der Waals surface area contributed by atoms with Crippen LogP contribution in [0.5, 0.6) is 0 Å². The Morgan fingerprint density at radius 3 is 3.00 bits per heavy atom. The summed E-state index contributed by atoms with van der Waals surface area (Å²) in [6.45, 7) is 3.04. The molecule has 2 aromatic rings. The third kappa shape index (κ3) is 2.48. The molecule has 0 spiro atoms. The van der Waals surface area contributed by atoms with Crippen LogP contribution in [0.15, 0.2) is 23.7 Å². The predicted molar refractivity (Wildman–Crippen MR) is 92.3 cm³/mol. The summed E-state index contributed by atoms with van der Waals surface area (Å²) in [6, 6.07) is 7.02. The lowest BCUT2D eigenvalue weighted by molar-refractivity contribution is -0.123. The van der Waals surface area contributed by atoms with Crippen LogP contribution >= 0.6 is 11.3 Å². The molecule has 120 valence electrons. The second-order valence-corrected chi connectivity index (χ2v) is 7.39. The minimum absolute atomic E-state index is 0.0885. The average molecular weight is 327 g/mol. The number of nitrogens with zero attached hydrogens (tertiary/aromatic N) is 2. The molecular formula is C18H21N3OS. The number of rotatable bonds is 3. The third-order valence-electron chi connectivity index (χ3n) is 5.22. The van der Waals surface area contributed by atoms with E-state index in [1.165, 1.54) is 21.6 Å². The van der Waals surface area contributed by atoms with E-state index in [0.29, 0.717) is 6.04 Å². The molecule has 1 unspecified atom stereocenters. The normalized spacial score (nSPS) is 24.0. The summed E-state index contributed by atoms with van der Waals surface area (Å²) < 4.78 is 0. The second-order valence-electron chi connectivity index (χ2n) is 6.53. The maximum Gasteiger partial charge on any atom is 0.234 e. The number of hydrogen-bond donors (Lipinski definition) is 1. The van der Waals surface area contributed by atoms with Crippen LogP contribution in [0.1, 0.15) is 42.1 Å². The third-order valence-corrected chi connectivity index (χ3v) is 6.20. The average Bonchev–Trinajstić information content (AvgIpc) is 3.24. The van der Waals surface area contributed by atoms with Crippen molar-refractivity contribution >= 4 is 17.2 Å². The van der Waals surface area contributed by atoms with E-state index >= 15 is 0 Å². The molecule has 0 saturated carbocycles. The number of hydrogen-bond acceptors (Lipinski definition) is 4. The van der Waals surface area contributed by atoms with Gasteiger partial charge in [-0.2, -0.15) is 0 Å².